The molecule has 2 aromatic rings. The summed E-state index contributed by atoms with van der Waals surface area (Å²) in [5, 5.41) is 3.56. The van der Waals surface area contributed by atoms with Crippen LogP contribution < -0.4 is 34.4 Å². The smallest absolute Gasteiger partial charge is 1.00 e. The summed E-state index contributed by atoms with van der Waals surface area (Å²) in [6.07, 6.45) is 1.92. The third-order valence-electron chi connectivity index (χ3n) is 6.44. The molecule has 1 heterocycles. The molecule has 43 heavy (non-hydrogen) atoms. The average molecular weight is 613 g/mol. The van der Waals surface area contributed by atoms with Crippen LogP contribution in [0.1, 0.15) is 51.8 Å². The normalized spacial score (nSPS) is 11.7. The third-order valence-corrected chi connectivity index (χ3v) is 6.44. The molecule has 238 valence electrons. The summed E-state index contributed by atoms with van der Waals surface area (Å²) in [5.41, 5.74) is 18.1. The number of anilines is 2. The van der Waals surface area contributed by atoms with E-state index in [9.17, 15) is 0 Å². The van der Waals surface area contributed by atoms with E-state index in [-0.39, 0.29) is 50.2 Å². The maximum atomic E-state index is 8.29. The van der Waals surface area contributed by atoms with Crippen molar-refractivity contribution in [1.82, 2.24) is 0 Å². The number of nitrogens with zero attached hydrogens (tertiary/aromatic N) is 5. The quantitative estimate of drug-likeness (QED) is 0.106. The van der Waals surface area contributed by atoms with E-state index in [0.29, 0.717) is 19.6 Å². The number of rotatable bonds is 15. The molecule has 0 aromatic heterocycles. The Morgan fingerprint density at radius 2 is 1.21 bits per heavy atom. The van der Waals surface area contributed by atoms with Gasteiger partial charge in [0.25, 0.3) is 0 Å². The molecule has 1 fully saturated rings. The molecule has 13 heteroatoms. The summed E-state index contributed by atoms with van der Waals surface area (Å²) in [7, 11) is 6.49. The Labute approximate surface area is 282 Å². The van der Waals surface area contributed by atoms with Gasteiger partial charge in [0.1, 0.15) is 0 Å². The summed E-state index contributed by atoms with van der Waals surface area (Å²) in [4.78, 5) is 7.14. The Bertz CT molecular complexity index is 958. The van der Waals surface area contributed by atoms with Crippen LogP contribution in [-0.2, 0) is 23.7 Å². The fourth-order valence-corrected chi connectivity index (χ4v) is 4.24. The second-order valence-electron chi connectivity index (χ2n) is 9.01. The summed E-state index contributed by atoms with van der Waals surface area (Å²) < 4.78 is 25.8. The number of hydrogen-bond acceptors (Lipinski definition) is 9. The number of nitrogens with two attached hydrogens (primary N) is 1. The van der Waals surface area contributed by atoms with Crippen LogP contribution >= 0.6 is 0 Å². The number of methoxy groups -OCH3 is 4. The van der Waals surface area contributed by atoms with E-state index in [1.165, 1.54) is 18.5 Å². The molecule has 0 atom stereocenters. The first-order valence-electron chi connectivity index (χ1n) is 14.1. The molecule has 3 rings (SSSR count). The predicted molar refractivity (Wildman–Crippen MR) is 176 cm³/mol. The van der Waals surface area contributed by atoms with Gasteiger partial charge in [-0.1, -0.05) is 29.4 Å². The minimum Gasteiger partial charge on any atom is -1.00 e. The summed E-state index contributed by atoms with van der Waals surface area (Å²) in [6, 6.07) is 16.2. The molecule has 0 radical (unpaired) electrons. The number of ether oxygens (including phenoxy) is 5. The van der Waals surface area contributed by atoms with Gasteiger partial charge in [-0.3, -0.25) is 0 Å². The maximum absolute atomic E-state index is 8.29. The van der Waals surface area contributed by atoms with Crippen molar-refractivity contribution >= 4 is 28.7 Å². The Kier molecular flexibility index (Phi) is 28.0. The van der Waals surface area contributed by atoms with Crippen LogP contribution in [0.4, 0.5) is 11.4 Å². The van der Waals surface area contributed by atoms with E-state index in [2.05, 4.69) is 45.8 Å². The van der Waals surface area contributed by atoms with Crippen LogP contribution in [0, 0.1) is 0 Å². The first kappa shape index (κ1) is 43.4. The molecule has 0 unspecified atom stereocenters. The van der Waals surface area contributed by atoms with E-state index in [1.807, 2.05) is 36.4 Å². The van der Waals surface area contributed by atoms with Crippen LogP contribution in [0.5, 0.6) is 0 Å². The largest absolute Gasteiger partial charge is 1.00 e. The van der Waals surface area contributed by atoms with Gasteiger partial charge in [-0.2, -0.15) is 0 Å². The van der Waals surface area contributed by atoms with Crippen LogP contribution in [0.2, 0.25) is 0 Å². The van der Waals surface area contributed by atoms with Crippen molar-refractivity contribution in [3.63, 3.8) is 0 Å². The van der Waals surface area contributed by atoms with Gasteiger partial charge in [-0.25, -0.2) is 0 Å². The van der Waals surface area contributed by atoms with Gasteiger partial charge in [-0.05, 0) is 56.5 Å². The van der Waals surface area contributed by atoms with Gasteiger partial charge >= 0.3 is 18.9 Å². The van der Waals surface area contributed by atoms with Crippen LogP contribution in [-0.4, -0.2) is 98.3 Å². The number of benzene rings is 2. The summed E-state index contributed by atoms with van der Waals surface area (Å²) >= 11 is 0. The Hall–Kier alpha value is -1.76. The molecule has 0 saturated carbocycles. The van der Waals surface area contributed by atoms with Crippen molar-refractivity contribution in [2.75, 3.05) is 90.7 Å². The van der Waals surface area contributed by atoms with Gasteiger partial charge in [0, 0.05) is 108 Å². The van der Waals surface area contributed by atoms with E-state index < -0.39 is 0 Å². The number of likely N-dealkylation sites (N-methyl/N-ethyl adjacent to an activating group) is 2. The van der Waals surface area contributed by atoms with Crippen molar-refractivity contribution in [2.45, 2.75) is 39.3 Å². The summed E-state index contributed by atoms with van der Waals surface area (Å²) in [6.45, 7) is 10.7. The van der Waals surface area contributed by atoms with E-state index in [1.54, 1.807) is 28.4 Å². The molecule has 0 amide bonds. The molecule has 1 aliphatic rings. The minimum absolute atomic E-state index is 0. The molecule has 0 aliphatic carbocycles. The van der Waals surface area contributed by atoms with Crippen molar-refractivity contribution in [3.8, 4) is 0 Å². The van der Waals surface area contributed by atoms with Gasteiger partial charge in [0.05, 0.1) is 0 Å². The number of hydrogen-bond donors (Lipinski definition) is 1. The zero-order chi connectivity index (χ0) is 30.3. The summed E-state index contributed by atoms with van der Waals surface area (Å²) in [5.74, 6) is 0. The van der Waals surface area contributed by atoms with Gasteiger partial charge < -0.3 is 40.6 Å². The molecule has 11 nitrogen and oxygen atoms in total. The zero-order valence-corrected chi connectivity index (χ0v) is 26.7. The Morgan fingerprint density at radius 1 is 0.814 bits per heavy atom. The SMILES string of the molecule is C1CCOC1.CCN(CCN)c1ccc(C(OC)OC)cc1.CCN(CCN=[N+]=[N-])c1ccc(C(OC)OC)cc1.[AlH3].[H-].[Li+]. The monoisotopic (exact) mass is 612 g/mol. The molecule has 0 spiro atoms. The zero-order valence-electron chi connectivity index (χ0n) is 27.7. The van der Waals surface area contributed by atoms with Crippen LogP contribution in [0.15, 0.2) is 53.6 Å². The molecular weight excluding hydrogens is 558 g/mol. The maximum Gasteiger partial charge on any atom is 1.00 e. The number of azide groups is 1. The van der Waals surface area contributed by atoms with E-state index in [4.69, 9.17) is 34.9 Å². The minimum atomic E-state index is -0.340. The van der Waals surface area contributed by atoms with Crippen molar-refractivity contribution < 1.29 is 44.0 Å². The molecular formula is C30H54AlLiN6O5. The van der Waals surface area contributed by atoms with Gasteiger partial charge in [0.2, 0.25) is 0 Å². The molecule has 1 aliphatic heterocycles. The van der Waals surface area contributed by atoms with Crippen LogP contribution in [0.3, 0.4) is 0 Å². The van der Waals surface area contributed by atoms with Crippen LogP contribution in [0.25, 0.3) is 10.4 Å². The first-order chi connectivity index (χ1) is 20.0. The first-order valence-corrected chi connectivity index (χ1v) is 14.1. The third kappa shape index (κ3) is 16.8. The fourth-order valence-electron chi connectivity index (χ4n) is 4.24. The van der Waals surface area contributed by atoms with Gasteiger partial charge in [0.15, 0.2) is 29.9 Å². The topological polar surface area (TPSA) is 127 Å². The Morgan fingerprint density at radius 3 is 1.49 bits per heavy atom. The standard InChI is InChI=1S/C13H20N4O2.C13H22N2O2.C4H8O.Al.Li.4H/c1-4-17(10-9-15-16-14)12-7-5-11(6-8-12)13(18-2)19-3;1-4-15(10-9-14)12-7-5-11(6-8-12)13(16-2)17-3;1-2-4-5-3-1;;;;;;/h5-8,13H,4,9-10H2,1-3H3;5-8,13H,4,9-10,14H2,1-3H3;1-4H2;;;;;;/q;;;;+1;;;;-1. The second-order valence-corrected chi connectivity index (χ2v) is 9.01. The predicted octanol–water partition coefficient (Wildman–Crippen LogP) is 1.61. The van der Waals surface area contributed by atoms with Crippen molar-refractivity contribution in [2.24, 2.45) is 10.8 Å². The van der Waals surface area contributed by atoms with E-state index in [0.717, 1.165) is 49.7 Å². The van der Waals surface area contributed by atoms with Crippen molar-refractivity contribution in [1.29, 1.82) is 0 Å². The fraction of sp³-hybridized carbons (Fsp3) is 0.600. The molecule has 0 bridgehead atoms. The second kappa shape index (κ2) is 27.8. The Balaban J connectivity index is -0.000000622. The molecule has 2 N–H and O–H groups in total. The molecule has 2 aromatic carbocycles. The molecule has 1 saturated heterocycles. The van der Waals surface area contributed by atoms with Crippen molar-refractivity contribution in [3.05, 3.63) is 70.1 Å². The van der Waals surface area contributed by atoms with E-state index >= 15 is 0 Å². The average Bonchev–Trinajstić information content (AvgIpc) is 3.61. The van der Waals surface area contributed by atoms with Gasteiger partial charge in [-0.15, -0.1) is 0 Å².